The van der Waals surface area contributed by atoms with Crippen LogP contribution in [0.15, 0.2) is 34.4 Å². The number of imidazole rings is 1. The smallest absolute Gasteiger partial charge is 0.270 e. The van der Waals surface area contributed by atoms with Crippen LogP contribution in [-0.4, -0.2) is 70.4 Å². The van der Waals surface area contributed by atoms with Crippen LogP contribution in [0.25, 0.3) is 5.65 Å². The summed E-state index contributed by atoms with van der Waals surface area (Å²) in [6.45, 7) is 12.2. The average Bonchev–Trinajstić information content (AvgIpc) is 3.07. The van der Waals surface area contributed by atoms with Crippen LogP contribution >= 0.6 is 0 Å². The SMILES string of the molecule is C=N/C(=C\N=C(C)C(=O)Nc1cn2cc(C)nc2c(OC)n1)N1CC2C(C1)C2NCC. The number of ether oxygens (including phenoxy) is 1. The van der Waals surface area contributed by atoms with Crippen molar-refractivity contribution in [1.82, 2.24) is 24.6 Å². The summed E-state index contributed by atoms with van der Waals surface area (Å²) in [7, 11) is 1.52. The lowest BCUT2D eigenvalue weighted by Crippen LogP contribution is -2.30. The molecule has 10 heteroatoms. The van der Waals surface area contributed by atoms with Gasteiger partial charge in [-0.3, -0.25) is 14.2 Å². The molecule has 3 heterocycles. The number of amides is 1. The summed E-state index contributed by atoms with van der Waals surface area (Å²) < 4.78 is 7.06. The second-order valence-electron chi connectivity index (χ2n) is 7.88. The maximum absolute atomic E-state index is 12.6. The average molecular weight is 425 g/mol. The van der Waals surface area contributed by atoms with Crippen molar-refractivity contribution in [2.45, 2.75) is 26.8 Å². The molecule has 2 aromatic rings. The van der Waals surface area contributed by atoms with Crippen LogP contribution in [0.5, 0.6) is 5.88 Å². The zero-order valence-corrected chi connectivity index (χ0v) is 18.3. The van der Waals surface area contributed by atoms with E-state index in [1.54, 1.807) is 23.7 Å². The Morgan fingerprint density at radius 1 is 1.35 bits per heavy atom. The van der Waals surface area contributed by atoms with Crippen molar-refractivity contribution >= 4 is 29.8 Å². The Bertz CT molecular complexity index is 1060. The second kappa shape index (κ2) is 8.46. The van der Waals surface area contributed by atoms with Crippen LogP contribution in [0.1, 0.15) is 19.5 Å². The molecular formula is C21H28N8O2. The van der Waals surface area contributed by atoms with E-state index in [9.17, 15) is 4.79 Å². The van der Waals surface area contributed by atoms with Crippen LogP contribution in [0.3, 0.4) is 0 Å². The third-order valence-corrected chi connectivity index (χ3v) is 5.78. The Kier molecular flexibility index (Phi) is 5.73. The van der Waals surface area contributed by atoms with E-state index in [1.165, 1.54) is 7.11 Å². The van der Waals surface area contributed by atoms with Crippen LogP contribution < -0.4 is 15.4 Å². The molecular weight excluding hydrogens is 396 g/mol. The number of anilines is 1. The number of rotatable bonds is 8. The molecule has 2 aliphatic rings. The lowest BCUT2D eigenvalue weighted by molar-refractivity contribution is -0.110. The first-order valence-corrected chi connectivity index (χ1v) is 10.4. The van der Waals surface area contributed by atoms with Crippen molar-refractivity contribution in [3.8, 4) is 5.88 Å². The fourth-order valence-electron chi connectivity index (χ4n) is 4.18. The van der Waals surface area contributed by atoms with Crippen molar-refractivity contribution in [3.05, 3.63) is 30.1 Å². The van der Waals surface area contributed by atoms with Crippen LogP contribution in [0, 0.1) is 18.8 Å². The molecule has 1 amide bonds. The first kappa shape index (κ1) is 21.0. The summed E-state index contributed by atoms with van der Waals surface area (Å²) >= 11 is 0. The number of piperidine rings is 1. The van der Waals surface area contributed by atoms with Gasteiger partial charge in [-0.05, 0) is 38.9 Å². The van der Waals surface area contributed by atoms with Gasteiger partial charge in [0.05, 0.1) is 25.2 Å². The minimum absolute atomic E-state index is 0.290. The summed E-state index contributed by atoms with van der Waals surface area (Å²) in [5.41, 5.74) is 1.71. The van der Waals surface area contributed by atoms with Crippen molar-refractivity contribution in [1.29, 1.82) is 0 Å². The molecule has 31 heavy (non-hydrogen) atoms. The zero-order chi connectivity index (χ0) is 22.1. The number of methoxy groups -OCH3 is 1. The van der Waals surface area contributed by atoms with Gasteiger partial charge in [-0.1, -0.05) is 6.92 Å². The number of hydrogen-bond donors (Lipinski definition) is 2. The summed E-state index contributed by atoms with van der Waals surface area (Å²) in [5, 5.41) is 6.27. The molecule has 2 unspecified atom stereocenters. The molecule has 1 aliphatic carbocycles. The Morgan fingerprint density at radius 3 is 2.74 bits per heavy atom. The van der Waals surface area contributed by atoms with Gasteiger partial charge in [0.15, 0.2) is 5.82 Å². The molecule has 164 valence electrons. The maximum atomic E-state index is 12.6. The number of likely N-dealkylation sites (tertiary alicyclic amines) is 1. The van der Waals surface area contributed by atoms with E-state index >= 15 is 0 Å². The first-order chi connectivity index (χ1) is 14.9. The van der Waals surface area contributed by atoms with E-state index in [2.05, 4.69) is 49.1 Å². The van der Waals surface area contributed by atoms with Gasteiger partial charge < -0.3 is 20.3 Å². The molecule has 1 saturated heterocycles. The van der Waals surface area contributed by atoms with Crippen molar-refractivity contribution in [3.63, 3.8) is 0 Å². The molecule has 2 aromatic heterocycles. The summed E-state index contributed by atoms with van der Waals surface area (Å²) in [6, 6.07) is 0.615. The van der Waals surface area contributed by atoms with E-state index < -0.39 is 0 Å². The van der Waals surface area contributed by atoms with Gasteiger partial charge in [-0.25, -0.2) is 9.98 Å². The van der Waals surface area contributed by atoms with E-state index in [1.807, 2.05) is 13.1 Å². The number of carbonyl (C=O) groups excluding carboxylic acids is 1. The summed E-state index contributed by atoms with van der Waals surface area (Å²) in [5.74, 6) is 2.32. The van der Waals surface area contributed by atoms with Gasteiger partial charge in [-0.2, -0.15) is 4.98 Å². The number of nitrogens with one attached hydrogen (secondary N) is 2. The molecule has 2 atom stereocenters. The number of fused-ring (bicyclic) bond motifs is 2. The lowest BCUT2D eigenvalue weighted by atomic mass is 10.3. The molecule has 1 saturated carbocycles. The highest BCUT2D eigenvalue weighted by Gasteiger charge is 2.55. The lowest BCUT2D eigenvalue weighted by Gasteiger charge is -2.21. The van der Waals surface area contributed by atoms with Crippen molar-refractivity contribution < 1.29 is 9.53 Å². The molecule has 10 nitrogen and oxygen atoms in total. The predicted molar refractivity (Wildman–Crippen MR) is 120 cm³/mol. The topological polar surface area (TPSA) is 109 Å². The summed E-state index contributed by atoms with van der Waals surface area (Å²) in [6.07, 6.45) is 5.13. The Hall–Kier alpha value is -3.27. The number of aromatic nitrogens is 3. The van der Waals surface area contributed by atoms with Crippen molar-refractivity contribution in [2.24, 2.45) is 21.8 Å². The van der Waals surface area contributed by atoms with Gasteiger partial charge in [0.25, 0.3) is 11.8 Å². The number of hydrogen-bond acceptors (Lipinski definition) is 8. The molecule has 4 rings (SSSR count). The standard InChI is InChI=1S/C21H28N8O2/c1-6-23-18-14-9-28(10-15(14)18)17(22-4)7-24-13(3)20(30)26-16-11-29-8-12(2)25-19(29)21(27-16)31-5/h7-8,11,14-15,18,23H,4,6,9-10H2,1-3,5H3,(H,26,30)/b17-7+,24-13?. The molecule has 2 N–H and O–H groups in total. The molecule has 0 spiro atoms. The molecule has 0 bridgehead atoms. The Labute approximate surface area is 181 Å². The third kappa shape index (κ3) is 4.15. The van der Waals surface area contributed by atoms with Gasteiger partial charge >= 0.3 is 0 Å². The second-order valence-corrected chi connectivity index (χ2v) is 7.88. The van der Waals surface area contributed by atoms with Gasteiger partial charge in [0.2, 0.25) is 5.65 Å². The number of nitrogens with zero attached hydrogens (tertiary/aromatic N) is 6. The Morgan fingerprint density at radius 2 is 2.10 bits per heavy atom. The normalized spacial score (nSPS) is 23.1. The number of carbonyl (C=O) groups is 1. The highest BCUT2D eigenvalue weighted by atomic mass is 16.5. The Balaban J connectivity index is 1.43. The van der Waals surface area contributed by atoms with Crippen LogP contribution in [0.4, 0.5) is 5.82 Å². The predicted octanol–water partition coefficient (Wildman–Crippen LogP) is 1.48. The minimum atomic E-state index is -0.359. The van der Waals surface area contributed by atoms with E-state index in [4.69, 9.17) is 4.74 Å². The van der Waals surface area contributed by atoms with Gasteiger partial charge in [-0.15, -0.1) is 0 Å². The first-order valence-electron chi connectivity index (χ1n) is 10.4. The van der Waals surface area contributed by atoms with E-state index in [0.29, 0.717) is 46.8 Å². The maximum Gasteiger partial charge on any atom is 0.270 e. The monoisotopic (exact) mass is 424 g/mol. The van der Waals surface area contributed by atoms with E-state index in [-0.39, 0.29) is 5.91 Å². The number of aliphatic imine (C=N–C) groups is 2. The van der Waals surface area contributed by atoms with Crippen LogP contribution in [-0.2, 0) is 4.79 Å². The zero-order valence-electron chi connectivity index (χ0n) is 18.3. The molecule has 0 aromatic carbocycles. The highest BCUT2D eigenvalue weighted by molar-refractivity contribution is 6.42. The van der Waals surface area contributed by atoms with E-state index in [0.717, 1.165) is 25.3 Å². The minimum Gasteiger partial charge on any atom is -0.478 e. The fourth-order valence-corrected chi connectivity index (χ4v) is 4.18. The molecule has 1 aliphatic heterocycles. The molecule has 2 fully saturated rings. The molecule has 0 radical (unpaired) electrons. The summed E-state index contributed by atoms with van der Waals surface area (Å²) in [4.78, 5) is 31.9. The van der Waals surface area contributed by atoms with Gasteiger partial charge in [0.1, 0.15) is 11.5 Å². The largest absolute Gasteiger partial charge is 0.478 e. The van der Waals surface area contributed by atoms with Gasteiger partial charge in [0, 0.05) is 25.3 Å². The highest BCUT2D eigenvalue weighted by Crippen LogP contribution is 2.46. The number of aryl methyl sites for hydroxylation is 1. The quantitative estimate of drug-likeness (QED) is 0.622. The fraction of sp³-hybridized carbons (Fsp3) is 0.476. The van der Waals surface area contributed by atoms with Crippen LogP contribution in [0.2, 0.25) is 0 Å². The van der Waals surface area contributed by atoms with Crippen molar-refractivity contribution in [2.75, 3.05) is 32.1 Å². The third-order valence-electron chi connectivity index (χ3n) is 5.78.